The number of aliphatic hydroxyl groups is 1. The van der Waals surface area contributed by atoms with Gasteiger partial charge in [-0.1, -0.05) is 57.0 Å². The van der Waals surface area contributed by atoms with Crippen LogP contribution in [0.25, 0.3) is 0 Å². The van der Waals surface area contributed by atoms with Crippen LogP contribution in [0.1, 0.15) is 57.9 Å². The number of benzene rings is 1. The maximum absolute atomic E-state index is 13.7. The number of rotatable bonds is 11. The summed E-state index contributed by atoms with van der Waals surface area (Å²) in [6, 6.07) is 8.81. The van der Waals surface area contributed by atoms with Crippen molar-refractivity contribution in [3.05, 3.63) is 35.9 Å². The smallest absolute Gasteiger partial charge is 0.245 e. The lowest BCUT2D eigenvalue weighted by Crippen LogP contribution is -2.55. The Kier molecular flexibility index (Phi) is 7.28. The van der Waals surface area contributed by atoms with Crippen LogP contribution in [0.3, 0.4) is 0 Å². The van der Waals surface area contributed by atoms with E-state index in [2.05, 4.69) is 17.6 Å². The van der Waals surface area contributed by atoms with E-state index in [4.69, 9.17) is 4.74 Å². The summed E-state index contributed by atoms with van der Waals surface area (Å²) >= 11 is 0. The minimum Gasteiger partial charge on any atom is -0.395 e. The highest BCUT2D eigenvalue weighted by molar-refractivity contribution is 5.99. The van der Waals surface area contributed by atoms with Crippen molar-refractivity contribution in [1.29, 1.82) is 0 Å². The number of amides is 3. The molecule has 8 heteroatoms. The summed E-state index contributed by atoms with van der Waals surface area (Å²) in [7, 11) is 0. The largest absolute Gasteiger partial charge is 0.395 e. The average molecular weight is 472 g/mol. The molecule has 0 radical (unpaired) electrons. The number of hydrogen-bond donors (Lipinski definition) is 3. The van der Waals surface area contributed by atoms with Crippen LogP contribution in [-0.4, -0.2) is 64.7 Å². The van der Waals surface area contributed by atoms with E-state index < -0.39 is 29.1 Å². The first kappa shape index (κ1) is 24.7. The van der Waals surface area contributed by atoms with Gasteiger partial charge in [0.2, 0.25) is 17.7 Å². The molecule has 5 atom stereocenters. The van der Waals surface area contributed by atoms with E-state index in [9.17, 15) is 19.5 Å². The molecule has 3 saturated heterocycles. The second-order valence-electron chi connectivity index (χ2n) is 9.79. The summed E-state index contributed by atoms with van der Waals surface area (Å²) in [4.78, 5) is 42.0. The molecule has 1 aromatic rings. The van der Waals surface area contributed by atoms with Crippen molar-refractivity contribution in [2.24, 2.45) is 11.8 Å². The number of fused-ring (bicyclic) bond motifs is 1. The number of carbonyl (C=O) groups excluding carboxylic acids is 3. The molecule has 3 amide bonds. The molecule has 2 unspecified atom stereocenters. The van der Waals surface area contributed by atoms with Crippen LogP contribution in [0.15, 0.2) is 30.3 Å². The zero-order valence-electron chi connectivity index (χ0n) is 20.2. The third kappa shape index (κ3) is 4.01. The molecule has 0 aliphatic carbocycles. The summed E-state index contributed by atoms with van der Waals surface area (Å²) in [5, 5.41) is 15.7. The molecule has 3 heterocycles. The molecule has 34 heavy (non-hydrogen) atoms. The van der Waals surface area contributed by atoms with E-state index in [0.29, 0.717) is 32.4 Å². The fourth-order valence-corrected chi connectivity index (χ4v) is 6.34. The molecule has 8 nitrogen and oxygen atoms in total. The minimum atomic E-state index is -1.04. The van der Waals surface area contributed by atoms with Crippen LogP contribution < -0.4 is 10.6 Å². The van der Waals surface area contributed by atoms with Gasteiger partial charge in [-0.05, 0) is 31.2 Å². The zero-order chi connectivity index (χ0) is 24.3. The van der Waals surface area contributed by atoms with Crippen molar-refractivity contribution < 1.29 is 24.2 Å². The number of aliphatic hydroxyl groups excluding tert-OH is 1. The SMILES string of the molecule is CCCCCNC(=O)C1N(CCO)C(=O)[C@@H]2[C@H](C(=O)NCc3ccccc3)[C@]3(CC)CCC12O3. The van der Waals surface area contributed by atoms with Gasteiger partial charge in [-0.25, -0.2) is 0 Å². The third-order valence-corrected chi connectivity index (χ3v) is 7.94. The molecule has 3 fully saturated rings. The summed E-state index contributed by atoms with van der Waals surface area (Å²) in [6.45, 7) is 4.77. The van der Waals surface area contributed by atoms with Crippen LogP contribution in [-0.2, 0) is 25.7 Å². The van der Waals surface area contributed by atoms with Crippen LogP contribution in [0.2, 0.25) is 0 Å². The highest BCUT2D eigenvalue weighted by Crippen LogP contribution is 2.64. The molecule has 1 aromatic carbocycles. The Morgan fingerprint density at radius 2 is 1.88 bits per heavy atom. The van der Waals surface area contributed by atoms with Crippen molar-refractivity contribution in [2.45, 2.75) is 76.2 Å². The Morgan fingerprint density at radius 1 is 1.12 bits per heavy atom. The van der Waals surface area contributed by atoms with E-state index in [-0.39, 0.29) is 30.9 Å². The first-order chi connectivity index (χ1) is 16.4. The molecular weight excluding hydrogens is 434 g/mol. The maximum Gasteiger partial charge on any atom is 0.245 e. The standard InChI is InChI=1S/C26H37N3O5/c1-3-5-9-14-27-23(32)21-26-13-12-25(4-2,34-26)19(20(26)24(33)29(21)15-16-30)22(31)28-17-18-10-7-6-8-11-18/h6-8,10-11,19-21,30H,3-5,9,12-17H2,1-2H3,(H,27,32)(H,28,31)/t19-,20+,21?,25+,26?/m1/s1. The van der Waals surface area contributed by atoms with Gasteiger partial charge in [-0.2, -0.15) is 0 Å². The minimum absolute atomic E-state index is 0.0466. The summed E-state index contributed by atoms with van der Waals surface area (Å²) in [6.07, 6.45) is 4.69. The second kappa shape index (κ2) is 10.0. The lowest BCUT2D eigenvalue weighted by molar-refractivity contribution is -0.148. The number of likely N-dealkylation sites (tertiary alicyclic amines) is 1. The van der Waals surface area contributed by atoms with E-state index in [1.165, 1.54) is 4.90 Å². The van der Waals surface area contributed by atoms with Crippen LogP contribution in [0.5, 0.6) is 0 Å². The number of nitrogens with zero attached hydrogens (tertiary/aromatic N) is 1. The Morgan fingerprint density at radius 3 is 2.56 bits per heavy atom. The van der Waals surface area contributed by atoms with E-state index in [1.807, 2.05) is 37.3 Å². The quantitative estimate of drug-likeness (QED) is 0.426. The van der Waals surface area contributed by atoms with Gasteiger partial charge in [0.05, 0.1) is 24.0 Å². The van der Waals surface area contributed by atoms with Gasteiger partial charge in [0, 0.05) is 19.6 Å². The number of carbonyl (C=O) groups is 3. The number of nitrogens with one attached hydrogen (secondary N) is 2. The Bertz CT molecular complexity index is 909. The molecule has 0 aromatic heterocycles. The third-order valence-electron chi connectivity index (χ3n) is 7.94. The normalized spacial score (nSPS) is 31.6. The van der Waals surface area contributed by atoms with E-state index in [0.717, 1.165) is 24.8 Å². The van der Waals surface area contributed by atoms with Gasteiger partial charge in [0.15, 0.2) is 0 Å². The number of ether oxygens (including phenoxy) is 1. The highest BCUT2D eigenvalue weighted by atomic mass is 16.5. The van der Waals surface area contributed by atoms with Crippen molar-refractivity contribution in [2.75, 3.05) is 19.7 Å². The molecule has 3 aliphatic heterocycles. The Balaban J connectivity index is 1.60. The Labute approximate surface area is 201 Å². The average Bonchev–Trinajstić information content (AvgIpc) is 3.45. The molecule has 2 bridgehead atoms. The lowest BCUT2D eigenvalue weighted by Gasteiger charge is -2.34. The van der Waals surface area contributed by atoms with Crippen molar-refractivity contribution in [3.8, 4) is 0 Å². The van der Waals surface area contributed by atoms with Gasteiger partial charge in [0.25, 0.3) is 0 Å². The van der Waals surface area contributed by atoms with Crippen molar-refractivity contribution >= 4 is 17.7 Å². The molecule has 186 valence electrons. The molecule has 4 rings (SSSR count). The lowest BCUT2D eigenvalue weighted by atomic mass is 9.65. The zero-order valence-corrected chi connectivity index (χ0v) is 20.2. The van der Waals surface area contributed by atoms with E-state index >= 15 is 0 Å². The summed E-state index contributed by atoms with van der Waals surface area (Å²) in [5.74, 6) is -2.12. The maximum atomic E-state index is 13.7. The monoisotopic (exact) mass is 471 g/mol. The predicted octanol–water partition coefficient (Wildman–Crippen LogP) is 1.76. The van der Waals surface area contributed by atoms with E-state index in [1.54, 1.807) is 0 Å². The molecule has 1 spiro atoms. The number of hydrogen-bond acceptors (Lipinski definition) is 5. The Hall–Kier alpha value is -2.45. The van der Waals surface area contributed by atoms with Gasteiger partial charge < -0.3 is 25.4 Å². The molecule has 3 N–H and O–H groups in total. The second-order valence-corrected chi connectivity index (χ2v) is 9.79. The number of unbranched alkanes of at least 4 members (excludes halogenated alkanes) is 2. The molecular formula is C26H37N3O5. The van der Waals surface area contributed by atoms with Gasteiger partial charge >= 0.3 is 0 Å². The van der Waals surface area contributed by atoms with Gasteiger partial charge in [0.1, 0.15) is 11.6 Å². The van der Waals surface area contributed by atoms with Crippen molar-refractivity contribution in [1.82, 2.24) is 15.5 Å². The fraction of sp³-hybridized carbons (Fsp3) is 0.654. The van der Waals surface area contributed by atoms with Crippen LogP contribution >= 0.6 is 0 Å². The van der Waals surface area contributed by atoms with Gasteiger partial charge in [-0.3, -0.25) is 14.4 Å². The predicted molar refractivity (Wildman–Crippen MR) is 126 cm³/mol. The number of β-amino-alcohol motifs (C(OH)–C–C–N with tert-alkyl or cyclic N) is 1. The van der Waals surface area contributed by atoms with Crippen LogP contribution in [0.4, 0.5) is 0 Å². The molecule has 0 saturated carbocycles. The first-order valence-corrected chi connectivity index (χ1v) is 12.6. The highest BCUT2D eigenvalue weighted by Gasteiger charge is 2.78. The fourth-order valence-electron chi connectivity index (χ4n) is 6.34. The molecule has 3 aliphatic rings. The van der Waals surface area contributed by atoms with Crippen molar-refractivity contribution in [3.63, 3.8) is 0 Å². The topological polar surface area (TPSA) is 108 Å². The van der Waals surface area contributed by atoms with Gasteiger partial charge in [-0.15, -0.1) is 0 Å². The van der Waals surface area contributed by atoms with Crippen LogP contribution in [0, 0.1) is 11.8 Å². The first-order valence-electron chi connectivity index (χ1n) is 12.6. The summed E-state index contributed by atoms with van der Waals surface area (Å²) in [5.41, 5.74) is -0.817. The summed E-state index contributed by atoms with van der Waals surface area (Å²) < 4.78 is 6.65.